The van der Waals surface area contributed by atoms with Crippen LogP contribution in [-0.4, -0.2) is 23.7 Å². The molecule has 4 rings (SSSR count). The molecule has 4 nitrogen and oxygen atoms in total. The van der Waals surface area contributed by atoms with Gasteiger partial charge in [-0.25, -0.2) is 4.98 Å². The number of aryl methyl sites for hydroxylation is 1. The summed E-state index contributed by atoms with van der Waals surface area (Å²) in [6, 6.07) is 14.7. The number of aromatic amines is 1. The van der Waals surface area contributed by atoms with E-state index in [0.717, 1.165) is 49.3 Å². The molecule has 2 heterocycles. The van der Waals surface area contributed by atoms with Crippen LogP contribution in [0.3, 0.4) is 0 Å². The van der Waals surface area contributed by atoms with Crippen LogP contribution in [0.4, 0.5) is 0 Å². The molecule has 0 aliphatic heterocycles. The van der Waals surface area contributed by atoms with E-state index in [4.69, 9.17) is 8.92 Å². The number of fused-ring (bicyclic) bond motifs is 3. The van der Waals surface area contributed by atoms with Crippen LogP contribution in [0.1, 0.15) is 26.3 Å². The van der Waals surface area contributed by atoms with Crippen molar-refractivity contribution in [2.24, 2.45) is 0 Å². The van der Waals surface area contributed by atoms with Gasteiger partial charge in [-0.05, 0) is 60.9 Å². The first-order valence-electron chi connectivity index (χ1n) is 9.56. The number of H-pyrrole nitrogens is 1. The van der Waals surface area contributed by atoms with Crippen LogP contribution in [0.5, 0.6) is 5.75 Å². The smallest absolute Gasteiger partial charge is 0.143 e. The monoisotopic (exact) mass is 394 g/mol. The van der Waals surface area contributed by atoms with Gasteiger partial charge in [0.1, 0.15) is 11.4 Å². The summed E-state index contributed by atoms with van der Waals surface area (Å²) in [6.45, 7) is 8.73. The minimum atomic E-state index is 0.676. The molecule has 2 aromatic heterocycles. The van der Waals surface area contributed by atoms with Crippen molar-refractivity contribution in [1.82, 2.24) is 9.97 Å². The lowest BCUT2D eigenvalue weighted by Gasteiger charge is -2.09. The van der Waals surface area contributed by atoms with E-state index in [1.807, 2.05) is 33.0 Å². The molecule has 0 saturated carbocycles. The fourth-order valence-corrected chi connectivity index (χ4v) is 3.78. The van der Waals surface area contributed by atoms with Crippen molar-refractivity contribution in [3.63, 3.8) is 0 Å². The van der Waals surface area contributed by atoms with E-state index in [0.29, 0.717) is 6.61 Å². The van der Waals surface area contributed by atoms with Gasteiger partial charge in [-0.2, -0.15) is 0 Å². The molecule has 0 radical (unpaired) electrons. The Morgan fingerprint density at radius 3 is 2.68 bits per heavy atom. The minimum absolute atomic E-state index is 0.676. The molecule has 0 spiro atoms. The van der Waals surface area contributed by atoms with Crippen LogP contribution >= 0.6 is 12.0 Å². The lowest BCUT2D eigenvalue weighted by Crippen LogP contribution is -1.87. The standard InChI is InChI=1S/C21H20N2O2S.C2H6/c1-4-25-26-15-7-5-6-14(11-15)16-8-9-18(24-3)20-19(16)17-10-13(2)12-22-21(17)23-20;1-2/h5-12H,4H2,1-3H3,(H,22,23);1-2H3. The molecule has 2 aromatic carbocycles. The summed E-state index contributed by atoms with van der Waals surface area (Å²) in [5, 5.41) is 2.24. The van der Waals surface area contributed by atoms with Gasteiger partial charge in [0.05, 0.1) is 19.2 Å². The number of hydrogen-bond acceptors (Lipinski definition) is 4. The lowest BCUT2D eigenvalue weighted by atomic mass is 9.99. The van der Waals surface area contributed by atoms with Crippen LogP contribution in [0, 0.1) is 6.92 Å². The molecule has 5 heteroatoms. The normalized spacial score (nSPS) is 10.8. The Morgan fingerprint density at radius 1 is 1.11 bits per heavy atom. The van der Waals surface area contributed by atoms with Crippen molar-refractivity contribution < 1.29 is 8.92 Å². The number of hydrogen-bond donors (Lipinski definition) is 1. The van der Waals surface area contributed by atoms with Gasteiger partial charge >= 0.3 is 0 Å². The highest BCUT2D eigenvalue weighted by Gasteiger charge is 2.15. The molecule has 0 atom stereocenters. The molecule has 0 amide bonds. The topological polar surface area (TPSA) is 47.1 Å². The molecule has 0 aliphatic rings. The zero-order chi connectivity index (χ0) is 20.1. The Kier molecular flexibility index (Phi) is 6.60. The number of nitrogens with one attached hydrogen (secondary N) is 1. The molecule has 0 aliphatic carbocycles. The number of nitrogens with zero attached hydrogens (tertiary/aromatic N) is 1. The Balaban J connectivity index is 0.00000109. The zero-order valence-corrected chi connectivity index (χ0v) is 17.8. The summed E-state index contributed by atoms with van der Waals surface area (Å²) in [5.41, 5.74) is 5.27. The van der Waals surface area contributed by atoms with E-state index in [-0.39, 0.29) is 0 Å². The first-order valence-corrected chi connectivity index (χ1v) is 10.3. The largest absolute Gasteiger partial charge is 0.495 e. The molecular formula is C23H26N2O2S. The zero-order valence-electron chi connectivity index (χ0n) is 17.0. The Labute approximate surface area is 170 Å². The van der Waals surface area contributed by atoms with Crippen molar-refractivity contribution in [1.29, 1.82) is 0 Å². The predicted molar refractivity (Wildman–Crippen MR) is 119 cm³/mol. The van der Waals surface area contributed by atoms with Gasteiger partial charge in [0.25, 0.3) is 0 Å². The van der Waals surface area contributed by atoms with Crippen LogP contribution in [0.25, 0.3) is 33.1 Å². The fourth-order valence-electron chi connectivity index (χ4n) is 3.22. The van der Waals surface area contributed by atoms with Gasteiger partial charge in [-0.15, -0.1) is 0 Å². The lowest BCUT2D eigenvalue weighted by molar-refractivity contribution is 0.402. The van der Waals surface area contributed by atoms with Crippen molar-refractivity contribution in [2.45, 2.75) is 32.6 Å². The van der Waals surface area contributed by atoms with Crippen LogP contribution in [0.15, 0.2) is 53.6 Å². The number of ether oxygens (including phenoxy) is 1. The van der Waals surface area contributed by atoms with Crippen molar-refractivity contribution in [3.8, 4) is 16.9 Å². The van der Waals surface area contributed by atoms with E-state index in [1.54, 1.807) is 7.11 Å². The van der Waals surface area contributed by atoms with Crippen LogP contribution < -0.4 is 4.74 Å². The predicted octanol–water partition coefficient (Wildman–Crippen LogP) is 6.77. The highest BCUT2D eigenvalue weighted by molar-refractivity contribution is 7.94. The average Bonchev–Trinajstić information content (AvgIpc) is 3.12. The minimum Gasteiger partial charge on any atom is -0.495 e. The van der Waals surface area contributed by atoms with Crippen molar-refractivity contribution in [2.75, 3.05) is 13.7 Å². The number of methoxy groups -OCH3 is 1. The Bertz CT molecular complexity index is 1090. The number of benzene rings is 2. The molecule has 0 unspecified atom stereocenters. The SMILES string of the molecule is CC.CCOSc1cccc(-c2ccc(OC)c3[nH]c4ncc(C)cc4c23)c1. The second-order valence-electron chi connectivity index (χ2n) is 6.12. The Hall–Kier alpha value is -2.50. The number of rotatable bonds is 5. The maximum absolute atomic E-state index is 5.57. The van der Waals surface area contributed by atoms with Gasteiger partial charge in [0, 0.05) is 33.9 Å². The summed E-state index contributed by atoms with van der Waals surface area (Å²) in [7, 11) is 1.69. The maximum Gasteiger partial charge on any atom is 0.143 e. The van der Waals surface area contributed by atoms with Crippen LogP contribution in [-0.2, 0) is 4.18 Å². The second-order valence-corrected chi connectivity index (χ2v) is 6.99. The molecule has 28 heavy (non-hydrogen) atoms. The fraction of sp³-hybridized carbons (Fsp3) is 0.261. The third-order valence-corrected chi connectivity index (χ3v) is 5.14. The molecule has 4 aromatic rings. The van der Waals surface area contributed by atoms with Crippen LogP contribution in [0.2, 0.25) is 0 Å². The summed E-state index contributed by atoms with van der Waals surface area (Å²) in [4.78, 5) is 9.05. The van der Waals surface area contributed by atoms with E-state index in [9.17, 15) is 0 Å². The first kappa shape index (κ1) is 20.2. The quantitative estimate of drug-likeness (QED) is 0.379. The average molecular weight is 395 g/mol. The molecule has 146 valence electrons. The molecule has 0 fully saturated rings. The summed E-state index contributed by atoms with van der Waals surface area (Å²) >= 11 is 1.41. The number of pyridine rings is 1. The summed E-state index contributed by atoms with van der Waals surface area (Å²) in [5.74, 6) is 0.819. The molecule has 0 bridgehead atoms. The van der Waals surface area contributed by atoms with Gasteiger partial charge in [-0.3, -0.25) is 0 Å². The van der Waals surface area contributed by atoms with Crippen molar-refractivity contribution >= 4 is 34.0 Å². The van der Waals surface area contributed by atoms with E-state index < -0.39 is 0 Å². The third-order valence-electron chi connectivity index (χ3n) is 4.34. The first-order chi connectivity index (χ1) is 13.7. The molecule has 0 saturated heterocycles. The molecular weight excluding hydrogens is 368 g/mol. The highest BCUT2D eigenvalue weighted by Crippen LogP contribution is 2.39. The summed E-state index contributed by atoms with van der Waals surface area (Å²) in [6.07, 6.45) is 1.88. The van der Waals surface area contributed by atoms with E-state index in [2.05, 4.69) is 53.3 Å². The Morgan fingerprint density at radius 2 is 1.93 bits per heavy atom. The maximum atomic E-state index is 5.57. The second kappa shape index (κ2) is 9.13. The third kappa shape index (κ3) is 3.86. The summed E-state index contributed by atoms with van der Waals surface area (Å²) < 4.78 is 11.1. The van der Waals surface area contributed by atoms with Crippen molar-refractivity contribution in [3.05, 3.63) is 54.2 Å². The van der Waals surface area contributed by atoms with E-state index >= 15 is 0 Å². The number of aromatic nitrogens is 2. The highest BCUT2D eigenvalue weighted by atomic mass is 32.2. The van der Waals surface area contributed by atoms with Gasteiger partial charge in [0.2, 0.25) is 0 Å². The van der Waals surface area contributed by atoms with Gasteiger partial charge < -0.3 is 13.9 Å². The van der Waals surface area contributed by atoms with E-state index in [1.165, 1.54) is 12.0 Å². The van der Waals surface area contributed by atoms with Gasteiger partial charge in [0.15, 0.2) is 0 Å². The molecule has 1 N–H and O–H groups in total. The van der Waals surface area contributed by atoms with Gasteiger partial charge in [-0.1, -0.05) is 26.0 Å².